The van der Waals surface area contributed by atoms with E-state index in [-0.39, 0.29) is 36.9 Å². The van der Waals surface area contributed by atoms with E-state index in [1.807, 2.05) is 32.9 Å². The van der Waals surface area contributed by atoms with E-state index in [9.17, 15) is 24.2 Å². The summed E-state index contributed by atoms with van der Waals surface area (Å²) < 4.78 is 15.2. The number of carboxylic acid groups (broad SMARTS) is 1. The summed E-state index contributed by atoms with van der Waals surface area (Å²) in [5.74, 6) is -2.04. The molecule has 3 rings (SSSR count). The number of aromatic nitrogens is 3. The van der Waals surface area contributed by atoms with Crippen LogP contribution in [0.2, 0.25) is 0 Å². The van der Waals surface area contributed by atoms with E-state index in [0.717, 1.165) is 5.56 Å². The lowest BCUT2D eigenvalue weighted by Crippen LogP contribution is -2.25. The summed E-state index contributed by atoms with van der Waals surface area (Å²) in [6.07, 6.45) is -0.455. The zero-order chi connectivity index (χ0) is 27.1. The summed E-state index contributed by atoms with van der Waals surface area (Å²) in [4.78, 5) is 28.4. The van der Waals surface area contributed by atoms with Crippen LogP contribution in [0.15, 0.2) is 42.6 Å². The summed E-state index contributed by atoms with van der Waals surface area (Å²) in [5, 5.41) is 36.6. The molecule has 0 aliphatic heterocycles. The minimum absolute atomic E-state index is 0.0924. The number of carbonyl (C=O) groups excluding carboxylic acids is 1. The van der Waals surface area contributed by atoms with Gasteiger partial charge in [0.1, 0.15) is 5.82 Å². The molecule has 0 saturated heterocycles. The summed E-state index contributed by atoms with van der Waals surface area (Å²) in [6.45, 7) is 6.01. The van der Waals surface area contributed by atoms with Crippen molar-refractivity contribution in [3.63, 3.8) is 0 Å². The summed E-state index contributed by atoms with van der Waals surface area (Å²) in [6, 6.07) is 9.46. The number of carboxylic acids is 1. The SMILES string of the molecule is Cc1ccc(CNC(=O)c2nn(-c3ccc(F)cc3)c(CC[C@@H](O)C[C@@H](O)CC(=O)O)c2C(C)C)nc1. The molecule has 10 heteroatoms. The second kappa shape index (κ2) is 12.6. The number of aliphatic carboxylic acids is 1. The van der Waals surface area contributed by atoms with E-state index in [2.05, 4.69) is 15.4 Å². The monoisotopic (exact) mass is 512 g/mol. The van der Waals surface area contributed by atoms with Gasteiger partial charge < -0.3 is 20.6 Å². The molecule has 1 amide bonds. The maximum atomic E-state index is 13.6. The summed E-state index contributed by atoms with van der Waals surface area (Å²) in [5.41, 5.74) is 3.85. The fourth-order valence-electron chi connectivity index (χ4n) is 4.15. The van der Waals surface area contributed by atoms with Crippen molar-refractivity contribution in [1.82, 2.24) is 20.1 Å². The number of hydrogen-bond donors (Lipinski definition) is 4. The van der Waals surface area contributed by atoms with E-state index >= 15 is 0 Å². The second-order valence-corrected chi connectivity index (χ2v) is 9.44. The Hall–Kier alpha value is -3.63. The molecule has 9 nitrogen and oxygen atoms in total. The van der Waals surface area contributed by atoms with Crippen LogP contribution >= 0.6 is 0 Å². The second-order valence-electron chi connectivity index (χ2n) is 9.44. The molecule has 0 saturated carbocycles. The van der Waals surface area contributed by atoms with Gasteiger partial charge in [0.25, 0.3) is 5.91 Å². The lowest BCUT2D eigenvalue weighted by molar-refractivity contribution is -0.139. The smallest absolute Gasteiger partial charge is 0.305 e. The molecule has 2 aromatic heterocycles. The maximum absolute atomic E-state index is 13.6. The highest BCUT2D eigenvalue weighted by Crippen LogP contribution is 2.28. The van der Waals surface area contributed by atoms with Crippen LogP contribution in [-0.4, -0.2) is 54.2 Å². The van der Waals surface area contributed by atoms with Crippen molar-refractivity contribution < 1.29 is 29.3 Å². The molecule has 198 valence electrons. The van der Waals surface area contributed by atoms with Crippen molar-refractivity contribution >= 4 is 11.9 Å². The zero-order valence-electron chi connectivity index (χ0n) is 21.2. The van der Waals surface area contributed by atoms with E-state index in [1.165, 1.54) is 12.1 Å². The Morgan fingerprint density at radius 3 is 2.38 bits per heavy atom. The number of pyridine rings is 1. The normalized spacial score (nSPS) is 12.9. The number of aliphatic hydroxyl groups is 2. The van der Waals surface area contributed by atoms with Crippen LogP contribution in [-0.2, 0) is 17.8 Å². The van der Waals surface area contributed by atoms with Crippen LogP contribution in [0.3, 0.4) is 0 Å². The molecule has 0 fully saturated rings. The standard InChI is InChI=1S/C27H33FN4O5/c1-16(2)25-23(11-10-21(33)12-22(34)13-24(35)36)32(20-8-5-18(28)6-9-20)31-26(25)27(37)30-15-19-7-4-17(3)14-29-19/h4-9,14,16,21-22,33-34H,10-13,15H2,1-3H3,(H,30,37)(H,35,36)/t21-,22-/m1/s1. The van der Waals surface area contributed by atoms with Gasteiger partial charge in [0, 0.05) is 17.5 Å². The van der Waals surface area contributed by atoms with Gasteiger partial charge in [0.05, 0.1) is 36.6 Å². The molecule has 4 N–H and O–H groups in total. The molecule has 37 heavy (non-hydrogen) atoms. The van der Waals surface area contributed by atoms with Gasteiger partial charge in [-0.15, -0.1) is 0 Å². The van der Waals surface area contributed by atoms with Gasteiger partial charge in [0.2, 0.25) is 0 Å². The maximum Gasteiger partial charge on any atom is 0.305 e. The molecule has 0 radical (unpaired) electrons. The molecule has 0 aliphatic carbocycles. The van der Waals surface area contributed by atoms with Gasteiger partial charge in [0.15, 0.2) is 5.69 Å². The Morgan fingerprint density at radius 1 is 1.08 bits per heavy atom. The summed E-state index contributed by atoms with van der Waals surface area (Å²) in [7, 11) is 0. The number of halogens is 1. The number of aryl methyl sites for hydroxylation is 1. The average Bonchev–Trinajstić information content (AvgIpc) is 3.22. The fourth-order valence-corrected chi connectivity index (χ4v) is 4.15. The molecule has 0 spiro atoms. The number of carbonyl (C=O) groups is 2. The van der Waals surface area contributed by atoms with Crippen LogP contribution in [0.25, 0.3) is 5.69 Å². The lowest BCUT2D eigenvalue weighted by atomic mass is 9.95. The van der Waals surface area contributed by atoms with E-state index in [1.54, 1.807) is 23.0 Å². The van der Waals surface area contributed by atoms with Crippen molar-refractivity contribution in [3.8, 4) is 5.69 Å². The highest BCUT2D eigenvalue weighted by Gasteiger charge is 2.26. The number of aliphatic hydroxyl groups excluding tert-OH is 2. The number of benzene rings is 1. The van der Waals surface area contributed by atoms with Gasteiger partial charge in [-0.1, -0.05) is 19.9 Å². The Balaban J connectivity index is 1.90. The number of nitrogens with zero attached hydrogens (tertiary/aromatic N) is 3. The number of hydrogen-bond acceptors (Lipinski definition) is 6. The quantitative estimate of drug-likeness (QED) is 0.292. The first-order valence-electron chi connectivity index (χ1n) is 12.2. The Morgan fingerprint density at radius 2 is 1.78 bits per heavy atom. The van der Waals surface area contributed by atoms with Crippen molar-refractivity contribution in [2.75, 3.05) is 0 Å². The molecule has 1 aromatic carbocycles. The molecule has 2 atom stereocenters. The average molecular weight is 513 g/mol. The third-order valence-corrected chi connectivity index (χ3v) is 5.96. The van der Waals surface area contributed by atoms with Crippen molar-refractivity contribution in [3.05, 3.63) is 76.6 Å². The first-order chi connectivity index (χ1) is 17.5. The number of nitrogens with one attached hydrogen (secondary N) is 1. The van der Waals surface area contributed by atoms with Gasteiger partial charge in [-0.05, 0) is 68.0 Å². The van der Waals surface area contributed by atoms with Gasteiger partial charge >= 0.3 is 5.97 Å². The van der Waals surface area contributed by atoms with Crippen LogP contribution in [0.1, 0.15) is 72.0 Å². The number of amides is 1. The molecule has 0 bridgehead atoms. The predicted octanol–water partition coefficient (Wildman–Crippen LogP) is 3.29. The molecule has 0 aliphatic rings. The minimum Gasteiger partial charge on any atom is -0.481 e. The molecular weight excluding hydrogens is 479 g/mol. The molecule has 3 aromatic rings. The molecular formula is C27H33FN4O5. The van der Waals surface area contributed by atoms with E-state index < -0.39 is 30.4 Å². The predicted molar refractivity (Wildman–Crippen MR) is 135 cm³/mol. The summed E-state index contributed by atoms with van der Waals surface area (Å²) >= 11 is 0. The molecule has 2 heterocycles. The van der Waals surface area contributed by atoms with Gasteiger partial charge in [-0.2, -0.15) is 5.10 Å². The first-order valence-corrected chi connectivity index (χ1v) is 12.2. The Kier molecular flexibility index (Phi) is 9.48. The largest absolute Gasteiger partial charge is 0.481 e. The highest BCUT2D eigenvalue weighted by atomic mass is 19.1. The number of rotatable bonds is 12. The van der Waals surface area contributed by atoms with Crippen LogP contribution in [0.5, 0.6) is 0 Å². The Labute approximate surface area is 215 Å². The Bertz CT molecular complexity index is 1210. The molecule has 0 unspecified atom stereocenters. The topological polar surface area (TPSA) is 138 Å². The third kappa shape index (κ3) is 7.68. The fraction of sp³-hybridized carbons (Fsp3) is 0.407. The van der Waals surface area contributed by atoms with Crippen LogP contribution < -0.4 is 5.32 Å². The highest BCUT2D eigenvalue weighted by molar-refractivity contribution is 5.94. The van der Waals surface area contributed by atoms with Crippen molar-refractivity contribution in [2.24, 2.45) is 0 Å². The van der Waals surface area contributed by atoms with Crippen LogP contribution in [0.4, 0.5) is 4.39 Å². The van der Waals surface area contributed by atoms with E-state index in [0.29, 0.717) is 29.1 Å². The minimum atomic E-state index is -1.17. The zero-order valence-corrected chi connectivity index (χ0v) is 21.2. The van der Waals surface area contributed by atoms with Crippen molar-refractivity contribution in [1.29, 1.82) is 0 Å². The van der Waals surface area contributed by atoms with E-state index in [4.69, 9.17) is 5.11 Å². The first kappa shape index (κ1) is 27.9. The third-order valence-electron chi connectivity index (χ3n) is 5.96. The van der Waals surface area contributed by atoms with Gasteiger partial charge in [-0.3, -0.25) is 14.6 Å². The van der Waals surface area contributed by atoms with Crippen molar-refractivity contribution in [2.45, 2.75) is 71.1 Å². The lowest BCUT2D eigenvalue weighted by Gasteiger charge is -2.16. The van der Waals surface area contributed by atoms with Crippen LogP contribution in [0, 0.1) is 12.7 Å². The van der Waals surface area contributed by atoms with Gasteiger partial charge in [-0.25, -0.2) is 9.07 Å².